The minimum absolute atomic E-state index is 0.0339. The van der Waals surface area contributed by atoms with Crippen LogP contribution in [-0.2, 0) is 13.0 Å². The van der Waals surface area contributed by atoms with Gasteiger partial charge in [-0.25, -0.2) is 4.79 Å². The molecule has 0 fully saturated rings. The highest BCUT2D eigenvalue weighted by Crippen LogP contribution is 2.20. The van der Waals surface area contributed by atoms with E-state index in [1.54, 1.807) is 12.3 Å². The van der Waals surface area contributed by atoms with Crippen LogP contribution in [0, 0.1) is 0 Å². The second-order valence-corrected chi connectivity index (χ2v) is 6.43. The number of nitrogens with zero attached hydrogens (tertiary/aromatic N) is 1. The van der Waals surface area contributed by atoms with E-state index in [0.29, 0.717) is 12.0 Å². The molecule has 4 rings (SSSR count). The molecule has 0 aliphatic heterocycles. The Bertz CT molecular complexity index is 1350. The molecule has 0 saturated carbocycles. The van der Waals surface area contributed by atoms with Crippen LogP contribution in [0.1, 0.15) is 18.1 Å². The van der Waals surface area contributed by atoms with Crippen LogP contribution in [0.4, 0.5) is 0 Å². The third-order valence-corrected chi connectivity index (χ3v) is 4.48. The van der Waals surface area contributed by atoms with Crippen LogP contribution in [0.3, 0.4) is 0 Å². The van der Waals surface area contributed by atoms with Gasteiger partial charge in [-0.2, -0.15) is 4.98 Å². The van der Waals surface area contributed by atoms with E-state index < -0.39 is 11.2 Å². The minimum atomic E-state index is -0.563. The highest BCUT2D eigenvalue weighted by atomic mass is 16.5. The van der Waals surface area contributed by atoms with Gasteiger partial charge in [-0.05, 0) is 40.8 Å². The summed E-state index contributed by atoms with van der Waals surface area (Å²) in [6, 6.07) is 12.0. The smallest absolute Gasteiger partial charge is 0.337 e. The lowest BCUT2D eigenvalue weighted by molar-refractivity contribution is 0.279. The van der Waals surface area contributed by atoms with Gasteiger partial charge in [0.25, 0.3) is 11.6 Å². The molecule has 0 radical (unpaired) electrons. The van der Waals surface area contributed by atoms with Crippen molar-refractivity contribution in [2.75, 3.05) is 0 Å². The molecule has 29 heavy (non-hydrogen) atoms. The molecule has 0 bridgehead atoms. The highest BCUT2D eigenvalue weighted by Gasteiger charge is 2.12. The fourth-order valence-electron chi connectivity index (χ4n) is 3.06. The van der Waals surface area contributed by atoms with Gasteiger partial charge in [0.05, 0.1) is 0 Å². The van der Waals surface area contributed by atoms with Crippen molar-refractivity contribution in [3.8, 4) is 17.1 Å². The van der Waals surface area contributed by atoms with Crippen molar-refractivity contribution in [2.45, 2.75) is 20.0 Å². The molecular formula is C21H17N3O5. The van der Waals surface area contributed by atoms with Gasteiger partial charge < -0.3 is 14.1 Å². The number of pyridine rings is 1. The third kappa shape index (κ3) is 3.86. The molecule has 4 aromatic rings. The van der Waals surface area contributed by atoms with Crippen molar-refractivity contribution in [1.82, 2.24) is 15.0 Å². The number of benzene rings is 1. The number of hydrogen-bond acceptors (Lipinski definition) is 6. The molecule has 0 amide bonds. The van der Waals surface area contributed by atoms with Crippen LogP contribution in [-0.4, -0.2) is 15.0 Å². The summed E-state index contributed by atoms with van der Waals surface area (Å²) in [5.41, 5.74) is 1.97. The average molecular weight is 391 g/mol. The molecule has 0 atom stereocenters. The van der Waals surface area contributed by atoms with Crippen LogP contribution in [0.5, 0.6) is 6.01 Å². The number of fused-ring (bicyclic) bond motifs is 1. The van der Waals surface area contributed by atoms with E-state index in [1.165, 1.54) is 12.1 Å². The van der Waals surface area contributed by atoms with Crippen molar-refractivity contribution in [1.29, 1.82) is 0 Å². The molecular weight excluding hydrogens is 374 g/mol. The summed E-state index contributed by atoms with van der Waals surface area (Å²) in [6.45, 7) is 1.98. The maximum absolute atomic E-state index is 12.4. The van der Waals surface area contributed by atoms with E-state index in [9.17, 15) is 14.4 Å². The quantitative estimate of drug-likeness (QED) is 0.539. The van der Waals surface area contributed by atoms with Crippen molar-refractivity contribution in [2.24, 2.45) is 0 Å². The Labute approximate surface area is 163 Å². The van der Waals surface area contributed by atoms with E-state index >= 15 is 0 Å². The normalized spacial score (nSPS) is 10.9. The summed E-state index contributed by atoms with van der Waals surface area (Å²) < 4.78 is 10.7. The molecule has 0 unspecified atom stereocenters. The van der Waals surface area contributed by atoms with E-state index in [4.69, 9.17) is 9.15 Å². The predicted octanol–water partition coefficient (Wildman–Crippen LogP) is 2.37. The predicted molar refractivity (Wildman–Crippen MR) is 107 cm³/mol. The fraction of sp³-hybridized carbons (Fsp3) is 0.143. The van der Waals surface area contributed by atoms with E-state index in [1.807, 2.05) is 31.2 Å². The largest absolute Gasteiger partial charge is 0.460 e. The Kier molecular flexibility index (Phi) is 4.82. The maximum Gasteiger partial charge on any atom is 0.337 e. The number of nitrogens with one attached hydrogen (secondary N) is 2. The molecule has 0 saturated heterocycles. The molecule has 0 aliphatic rings. The fourth-order valence-corrected chi connectivity index (χ4v) is 3.06. The lowest BCUT2D eigenvalue weighted by atomic mass is 10.1. The van der Waals surface area contributed by atoms with E-state index in [-0.39, 0.29) is 29.3 Å². The summed E-state index contributed by atoms with van der Waals surface area (Å²) in [5.74, 6) is 0. The number of ether oxygens (including phenoxy) is 1. The topological polar surface area (TPSA) is 118 Å². The zero-order chi connectivity index (χ0) is 20.4. The Balaban J connectivity index is 1.61. The van der Waals surface area contributed by atoms with Crippen LogP contribution in [0.2, 0.25) is 0 Å². The number of aryl methyl sites for hydroxylation is 1. The van der Waals surface area contributed by atoms with Gasteiger partial charge in [0.1, 0.15) is 12.0 Å². The van der Waals surface area contributed by atoms with Crippen molar-refractivity contribution >= 4 is 11.1 Å². The van der Waals surface area contributed by atoms with Crippen molar-refractivity contribution in [3.05, 3.63) is 90.9 Å². The molecule has 8 nitrogen and oxygen atoms in total. The number of H-pyrrole nitrogens is 2. The SMILES string of the molecule is CCc1cc(=O)oc2nc(OCc3cccc(-c4ccc(=O)[nH]c4)c3)[nH]c(=O)c12. The average Bonchev–Trinajstić information content (AvgIpc) is 2.72. The van der Waals surface area contributed by atoms with Gasteiger partial charge in [0.15, 0.2) is 0 Å². The standard InChI is InChI=1S/C21H17N3O5/c1-2-13-9-17(26)29-20-18(13)19(27)23-21(24-20)28-11-12-4-3-5-14(8-12)15-6-7-16(25)22-10-15/h3-10H,2,11H2,1H3,(H,22,25)(H,23,24,27). The Hall–Kier alpha value is -3.94. The van der Waals surface area contributed by atoms with Gasteiger partial charge in [-0.15, -0.1) is 0 Å². The van der Waals surface area contributed by atoms with Gasteiger partial charge >= 0.3 is 5.63 Å². The first-order valence-electron chi connectivity index (χ1n) is 9.01. The number of rotatable bonds is 5. The molecule has 146 valence electrons. The third-order valence-electron chi connectivity index (χ3n) is 4.48. The summed E-state index contributed by atoms with van der Waals surface area (Å²) in [5, 5.41) is 0.250. The second kappa shape index (κ2) is 7.59. The van der Waals surface area contributed by atoms with E-state index in [2.05, 4.69) is 15.0 Å². The van der Waals surface area contributed by atoms with Crippen LogP contribution >= 0.6 is 0 Å². The van der Waals surface area contributed by atoms with Crippen LogP contribution < -0.4 is 21.5 Å². The summed E-state index contributed by atoms with van der Waals surface area (Å²) in [6.07, 6.45) is 2.14. The van der Waals surface area contributed by atoms with Crippen LogP contribution in [0.25, 0.3) is 22.2 Å². The second-order valence-electron chi connectivity index (χ2n) is 6.43. The first-order valence-corrected chi connectivity index (χ1v) is 9.01. The van der Waals surface area contributed by atoms with Crippen molar-refractivity contribution in [3.63, 3.8) is 0 Å². The molecule has 2 N–H and O–H groups in total. The number of aromatic amines is 2. The van der Waals surface area contributed by atoms with Crippen molar-refractivity contribution < 1.29 is 9.15 Å². The highest BCUT2D eigenvalue weighted by molar-refractivity contribution is 5.75. The molecule has 0 spiro atoms. The molecule has 3 aromatic heterocycles. The van der Waals surface area contributed by atoms with Gasteiger partial charge in [-0.1, -0.05) is 25.1 Å². The zero-order valence-electron chi connectivity index (χ0n) is 15.5. The number of aromatic nitrogens is 3. The monoisotopic (exact) mass is 391 g/mol. The molecule has 3 heterocycles. The summed E-state index contributed by atoms with van der Waals surface area (Å²) >= 11 is 0. The first kappa shape index (κ1) is 18.4. The Morgan fingerprint density at radius 2 is 1.93 bits per heavy atom. The molecule has 8 heteroatoms. The number of hydrogen-bond donors (Lipinski definition) is 2. The first-order chi connectivity index (χ1) is 14.0. The Morgan fingerprint density at radius 1 is 1.07 bits per heavy atom. The molecule has 1 aromatic carbocycles. The lowest BCUT2D eigenvalue weighted by Gasteiger charge is -2.08. The van der Waals surface area contributed by atoms with Crippen LogP contribution in [0.15, 0.2) is 67.5 Å². The van der Waals surface area contributed by atoms with Gasteiger partial charge in [0, 0.05) is 18.3 Å². The zero-order valence-corrected chi connectivity index (χ0v) is 15.5. The van der Waals surface area contributed by atoms with E-state index in [0.717, 1.165) is 16.7 Å². The van der Waals surface area contributed by atoms with Gasteiger partial charge in [0.2, 0.25) is 11.3 Å². The lowest BCUT2D eigenvalue weighted by Crippen LogP contribution is -2.15. The summed E-state index contributed by atoms with van der Waals surface area (Å²) in [7, 11) is 0. The van der Waals surface area contributed by atoms with Gasteiger partial charge in [-0.3, -0.25) is 14.6 Å². The maximum atomic E-state index is 12.4. The summed E-state index contributed by atoms with van der Waals surface area (Å²) in [4.78, 5) is 44.6. The minimum Gasteiger partial charge on any atom is -0.460 e. The Morgan fingerprint density at radius 3 is 2.69 bits per heavy atom. The molecule has 0 aliphatic carbocycles.